The smallest absolute Gasteiger partial charge is 0.258 e. The Balaban J connectivity index is 1.82. The van der Waals surface area contributed by atoms with Crippen molar-refractivity contribution in [3.63, 3.8) is 0 Å². The van der Waals surface area contributed by atoms with E-state index in [1.807, 2.05) is 41.8 Å². The summed E-state index contributed by atoms with van der Waals surface area (Å²) in [7, 11) is 0. The van der Waals surface area contributed by atoms with Crippen molar-refractivity contribution in [2.75, 3.05) is 0 Å². The largest absolute Gasteiger partial charge is 0.269 e. The third kappa shape index (κ3) is 5.39. The van der Waals surface area contributed by atoms with Crippen LogP contribution in [0, 0.1) is 17.0 Å². The van der Waals surface area contributed by atoms with Crippen LogP contribution in [0.15, 0.2) is 100 Å². The Morgan fingerprint density at radius 1 is 0.963 bits per heavy atom. The minimum atomic E-state index is -0.397. The van der Waals surface area contributed by atoms with Gasteiger partial charge in [0.2, 0.25) is 0 Å². The number of rotatable bonds is 6. The highest BCUT2D eigenvalue weighted by Crippen LogP contribution is 2.23. The molecule has 3 aromatic rings. The lowest BCUT2D eigenvalue weighted by Crippen LogP contribution is -1.96. The van der Waals surface area contributed by atoms with Gasteiger partial charge in [-0.15, -0.1) is 0 Å². The molecule has 0 saturated carbocycles. The van der Waals surface area contributed by atoms with E-state index in [2.05, 4.69) is 31.2 Å². The average Bonchev–Trinajstić information content (AvgIpc) is 2.69. The summed E-state index contributed by atoms with van der Waals surface area (Å²) < 4.78 is 0. The number of nitrogens with zero attached hydrogens (tertiary/aromatic N) is 2. The number of aryl methyl sites for hydroxylation is 1. The molecule has 0 spiro atoms. The Hall–Kier alpha value is -3.18. The molecule has 0 unspecified atom stereocenters. The molecule has 0 radical (unpaired) electrons. The lowest BCUT2D eigenvalue weighted by molar-refractivity contribution is -0.384. The van der Waals surface area contributed by atoms with Crippen LogP contribution in [-0.2, 0) is 0 Å². The number of hydrogen-bond donors (Lipinski definition) is 0. The molecule has 5 heteroatoms. The number of thioether (sulfide) groups is 1. The minimum Gasteiger partial charge on any atom is -0.258 e. The fraction of sp³-hybridized carbons (Fsp3) is 0.0455. The van der Waals surface area contributed by atoms with Gasteiger partial charge in [0.05, 0.1) is 16.3 Å². The van der Waals surface area contributed by atoms with Crippen molar-refractivity contribution in [1.82, 2.24) is 0 Å². The topological polar surface area (TPSA) is 55.5 Å². The van der Waals surface area contributed by atoms with Crippen LogP contribution in [0.4, 0.5) is 11.4 Å². The molecule has 0 fully saturated rings. The molecule has 0 N–H and O–H groups in total. The van der Waals surface area contributed by atoms with Gasteiger partial charge in [0, 0.05) is 22.6 Å². The van der Waals surface area contributed by atoms with Crippen LogP contribution in [0.3, 0.4) is 0 Å². The van der Waals surface area contributed by atoms with Gasteiger partial charge in [-0.2, -0.15) is 0 Å². The summed E-state index contributed by atoms with van der Waals surface area (Å²) in [6.07, 6.45) is 1.96. The van der Waals surface area contributed by atoms with Crippen LogP contribution in [0.1, 0.15) is 11.1 Å². The number of non-ortho nitro benzene ring substituents is 1. The van der Waals surface area contributed by atoms with Crippen LogP contribution in [0.25, 0.3) is 0 Å². The van der Waals surface area contributed by atoms with Gasteiger partial charge >= 0.3 is 0 Å². The van der Waals surface area contributed by atoms with Crippen molar-refractivity contribution in [2.45, 2.75) is 11.8 Å². The molecule has 134 valence electrons. The Morgan fingerprint density at radius 3 is 2.26 bits per heavy atom. The molecule has 3 rings (SSSR count). The first-order valence-corrected chi connectivity index (χ1v) is 9.28. The van der Waals surface area contributed by atoms with E-state index in [1.165, 1.54) is 29.5 Å². The van der Waals surface area contributed by atoms with Crippen LogP contribution in [0.2, 0.25) is 0 Å². The van der Waals surface area contributed by atoms with Gasteiger partial charge in [-0.05, 0) is 42.7 Å². The van der Waals surface area contributed by atoms with Gasteiger partial charge in [-0.3, -0.25) is 10.1 Å². The van der Waals surface area contributed by atoms with E-state index in [1.54, 1.807) is 12.1 Å². The normalized spacial score (nSPS) is 11.7. The van der Waals surface area contributed by atoms with Gasteiger partial charge in [-0.1, -0.05) is 59.8 Å². The van der Waals surface area contributed by atoms with Crippen LogP contribution < -0.4 is 0 Å². The Bertz CT molecular complexity index is 963. The van der Waals surface area contributed by atoms with Gasteiger partial charge in [0.25, 0.3) is 5.69 Å². The predicted octanol–water partition coefficient (Wildman–Crippen LogP) is 6.33. The molecule has 0 bridgehead atoms. The van der Waals surface area contributed by atoms with E-state index in [-0.39, 0.29) is 5.69 Å². The minimum absolute atomic E-state index is 0.0920. The molecule has 0 aliphatic carbocycles. The zero-order valence-electron chi connectivity index (χ0n) is 14.8. The Morgan fingerprint density at radius 2 is 1.63 bits per heavy atom. The van der Waals surface area contributed by atoms with Crippen molar-refractivity contribution >= 4 is 28.8 Å². The maximum atomic E-state index is 10.7. The summed E-state index contributed by atoms with van der Waals surface area (Å²) in [5, 5.41) is 12.7. The molecule has 0 aliphatic heterocycles. The fourth-order valence-electron chi connectivity index (χ4n) is 2.39. The van der Waals surface area contributed by atoms with Gasteiger partial charge in [-0.25, -0.2) is 4.99 Å². The second-order valence-corrected chi connectivity index (χ2v) is 6.85. The van der Waals surface area contributed by atoms with Crippen LogP contribution in [0.5, 0.6) is 0 Å². The second-order valence-electron chi connectivity index (χ2n) is 5.87. The molecule has 0 saturated heterocycles. The predicted molar refractivity (Wildman–Crippen MR) is 112 cm³/mol. The molecular weight excluding hydrogens is 356 g/mol. The zero-order chi connectivity index (χ0) is 19.1. The van der Waals surface area contributed by atoms with Crippen molar-refractivity contribution in [3.8, 4) is 0 Å². The molecule has 3 aromatic carbocycles. The van der Waals surface area contributed by atoms with Crippen molar-refractivity contribution < 1.29 is 4.92 Å². The molecule has 4 nitrogen and oxygen atoms in total. The number of nitro groups is 1. The van der Waals surface area contributed by atoms with E-state index in [0.29, 0.717) is 0 Å². The highest BCUT2D eigenvalue weighted by Gasteiger charge is 2.04. The summed E-state index contributed by atoms with van der Waals surface area (Å²) in [5.41, 5.74) is 4.06. The quantitative estimate of drug-likeness (QED) is 0.219. The first-order chi connectivity index (χ1) is 13.1. The van der Waals surface area contributed by atoms with Crippen molar-refractivity contribution in [2.24, 2.45) is 4.99 Å². The Labute approximate surface area is 162 Å². The zero-order valence-corrected chi connectivity index (χ0v) is 15.6. The van der Waals surface area contributed by atoms with E-state index in [4.69, 9.17) is 4.99 Å². The number of para-hydroxylation sites is 1. The number of benzene rings is 3. The monoisotopic (exact) mass is 374 g/mol. The Kier molecular flexibility index (Phi) is 6.18. The summed E-state index contributed by atoms with van der Waals surface area (Å²) in [5.74, 6) is 0. The molecule has 0 aromatic heterocycles. The molecule has 27 heavy (non-hydrogen) atoms. The van der Waals surface area contributed by atoms with E-state index in [9.17, 15) is 10.1 Å². The first kappa shape index (κ1) is 18.6. The van der Waals surface area contributed by atoms with E-state index in [0.717, 1.165) is 21.9 Å². The van der Waals surface area contributed by atoms with Crippen LogP contribution >= 0.6 is 11.8 Å². The summed E-state index contributed by atoms with van der Waals surface area (Å²) >= 11 is 1.49. The van der Waals surface area contributed by atoms with Gasteiger partial charge < -0.3 is 0 Å². The lowest BCUT2D eigenvalue weighted by Gasteiger charge is -2.04. The third-order valence-corrected chi connectivity index (χ3v) is 4.65. The van der Waals surface area contributed by atoms with Crippen LogP contribution in [-0.4, -0.2) is 10.6 Å². The fourth-order valence-corrected chi connectivity index (χ4v) is 3.03. The maximum absolute atomic E-state index is 10.7. The van der Waals surface area contributed by atoms with E-state index < -0.39 is 4.92 Å². The standard InChI is InChI=1S/C22H18N2O2S/c1-17-7-9-18(10-8-17)22(23-19-5-3-2-4-6-19)15-16-27-21-13-11-20(12-14-21)24(25)26/h2-16H,1H3. The number of aliphatic imine (C=N–C) groups is 1. The molecular formula is C22H18N2O2S. The summed E-state index contributed by atoms with van der Waals surface area (Å²) in [4.78, 5) is 16.0. The number of allylic oxidation sites excluding steroid dienone is 1. The van der Waals surface area contributed by atoms with Gasteiger partial charge in [0.15, 0.2) is 0 Å². The number of hydrogen-bond acceptors (Lipinski definition) is 4. The first-order valence-electron chi connectivity index (χ1n) is 8.40. The average molecular weight is 374 g/mol. The second kappa shape index (κ2) is 8.96. The lowest BCUT2D eigenvalue weighted by atomic mass is 10.1. The van der Waals surface area contributed by atoms with E-state index >= 15 is 0 Å². The van der Waals surface area contributed by atoms with Gasteiger partial charge in [0.1, 0.15) is 0 Å². The molecule has 0 aliphatic rings. The summed E-state index contributed by atoms with van der Waals surface area (Å²) in [6, 6.07) is 24.5. The van der Waals surface area contributed by atoms with Crippen molar-refractivity contribution in [3.05, 3.63) is 112 Å². The summed E-state index contributed by atoms with van der Waals surface area (Å²) in [6.45, 7) is 2.05. The maximum Gasteiger partial charge on any atom is 0.269 e. The number of nitro benzene ring substituents is 1. The molecule has 0 atom stereocenters. The van der Waals surface area contributed by atoms with Crippen molar-refractivity contribution in [1.29, 1.82) is 0 Å². The molecule has 0 heterocycles. The molecule has 0 amide bonds. The third-order valence-electron chi connectivity index (χ3n) is 3.83. The SMILES string of the molecule is Cc1ccc(C(C=CSc2ccc([N+](=O)[O-])cc2)=Nc2ccccc2)cc1. The highest BCUT2D eigenvalue weighted by molar-refractivity contribution is 8.02. The highest BCUT2D eigenvalue weighted by atomic mass is 32.2.